The summed E-state index contributed by atoms with van der Waals surface area (Å²) in [5, 5.41) is 16.6. The van der Waals surface area contributed by atoms with Crippen molar-refractivity contribution in [2.24, 2.45) is 0 Å². The Labute approximate surface area is 258 Å². The van der Waals surface area contributed by atoms with Crippen molar-refractivity contribution in [3.8, 4) is 11.8 Å². The molecule has 44 heavy (non-hydrogen) atoms. The van der Waals surface area contributed by atoms with Crippen LogP contribution in [0.25, 0.3) is 10.8 Å². The third kappa shape index (κ3) is 4.21. The number of nitrogens with one attached hydrogen (secondary N) is 1. The summed E-state index contributed by atoms with van der Waals surface area (Å²) < 4.78 is 22.6. The number of aromatic nitrogens is 2. The van der Waals surface area contributed by atoms with Crippen LogP contribution < -0.4 is 19.9 Å². The standard InChI is InChI=1S/C35H43FN6O2/c1-22-5-2-6-23-15-26(43)16-29(31(22)23)40-14-10-27-28(19-40)38-33(39-32(27)41-17-24-8-9-25(18-41)37-24)44-21-34-11-4-13-42(34)30-7-3-12-35(30,36)20-34/h2,5-6,15-16,24-25,30,37,43H,3-4,7-14,17-21H2,1H3/t24?,25?,30-,34+,35+/m0/s1. The van der Waals surface area contributed by atoms with E-state index in [0.29, 0.717) is 44.1 Å². The molecule has 0 radical (unpaired) electrons. The Balaban J connectivity index is 1.07. The molecule has 1 aromatic heterocycles. The van der Waals surface area contributed by atoms with Crippen LogP contribution in [0.3, 0.4) is 0 Å². The second kappa shape index (κ2) is 9.91. The summed E-state index contributed by atoms with van der Waals surface area (Å²) in [7, 11) is 0. The molecular formula is C35H43FN6O2. The molecule has 0 spiro atoms. The molecule has 6 heterocycles. The van der Waals surface area contributed by atoms with E-state index in [1.54, 1.807) is 0 Å². The van der Waals surface area contributed by atoms with Gasteiger partial charge in [0.15, 0.2) is 0 Å². The molecule has 4 saturated heterocycles. The van der Waals surface area contributed by atoms with Crippen molar-refractivity contribution in [1.29, 1.82) is 0 Å². The summed E-state index contributed by atoms with van der Waals surface area (Å²) in [6, 6.07) is 11.4. The highest BCUT2D eigenvalue weighted by Crippen LogP contribution is 2.55. The zero-order valence-electron chi connectivity index (χ0n) is 25.7. The first kappa shape index (κ1) is 27.2. The Kier molecular flexibility index (Phi) is 6.12. The van der Waals surface area contributed by atoms with Gasteiger partial charge in [0.2, 0.25) is 0 Å². The first-order chi connectivity index (χ1) is 21.4. The fourth-order valence-electron chi connectivity index (χ4n) is 9.96. The lowest BCUT2D eigenvalue weighted by molar-refractivity contribution is 0.0808. The summed E-state index contributed by atoms with van der Waals surface area (Å²) in [4.78, 5) is 17.5. The lowest BCUT2D eigenvalue weighted by atomic mass is 9.88. The minimum absolute atomic E-state index is 0.0408. The second-order valence-corrected chi connectivity index (χ2v) is 14.5. The molecular weight excluding hydrogens is 555 g/mol. The number of anilines is 2. The molecule has 8 nitrogen and oxygen atoms in total. The van der Waals surface area contributed by atoms with Crippen LogP contribution in [0.5, 0.6) is 11.8 Å². The predicted octanol–water partition coefficient (Wildman–Crippen LogP) is 5.03. The van der Waals surface area contributed by atoms with E-state index >= 15 is 4.39 Å². The van der Waals surface area contributed by atoms with Gasteiger partial charge in [-0.2, -0.15) is 9.97 Å². The van der Waals surface area contributed by atoms with Crippen molar-refractivity contribution < 1.29 is 14.2 Å². The van der Waals surface area contributed by atoms with Crippen LogP contribution in [0.2, 0.25) is 0 Å². The number of hydrogen-bond donors (Lipinski definition) is 2. The zero-order valence-corrected chi connectivity index (χ0v) is 25.7. The smallest absolute Gasteiger partial charge is 0.318 e. The van der Waals surface area contributed by atoms with Crippen molar-refractivity contribution in [2.45, 2.75) is 101 Å². The average molecular weight is 599 g/mol. The van der Waals surface area contributed by atoms with Gasteiger partial charge in [-0.1, -0.05) is 18.2 Å². The number of halogens is 1. The highest BCUT2D eigenvalue weighted by molar-refractivity contribution is 5.98. The van der Waals surface area contributed by atoms with Crippen LogP contribution in [-0.2, 0) is 13.0 Å². The maximum absolute atomic E-state index is 16.0. The number of phenolic OH excluding ortho intramolecular Hbond substituents is 1. The number of piperazine rings is 1. The van der Waals surface area contributed by atoms with Gasteiger partial charge in [-0.05, 0) is 81.9 Å². The minimum Gasteiger partial charge on any atom is -0.508 e. The monoisotopic (exact) mass is 598 g/mol. The van der Waals surface area contributed by atoms with Gasteiger partial charge in [-0.15, -0.1) is 0 Å². The first-order valence-electron chi connectivity index (χ1n) is 16.8. The van der Waals surface area contributed by atoms with Crippen molar-refractivity contribution in [3.63, 3.8) is 0 Å². The second-order valence-electron chi connectivity index (χ2n) is 14.5. The summed E-state index contributed by atoms with van der Waals surface area (Å²) >= 11 is 0. The third-order valence-electron chi connectivity index (χ3n) is 11.8. The quantitative estimate of drug-likeness (QED) is 0.424. The Bertz CT molecular complexity index is 1620. The number of alkyl halides is 1. The third-order valence-corrected chi connectivity index (χ3v) is 11.8. The molecule has 2 N–H and O–H groups in total. The molecule has 5 atom stereocenters. The number of phenols is 1. The van der Waals surface area contributed by atoms with Gasteiger partial charge in [0.1, 0.15) is 23.8 Å². The van der Waals surface area contributed by atoms with Crippen LogP contribution in [0.4, 0.5) is 15.9 Å². The van der Waals surface area contributed by atoms with Crippen LogP contribution >= 0.6 is 0 Å². The van der Waals surface area contributed by atoms with Gasteiger partial charge >= 0.3 is 6.01 Å². The van der Waals surface area contributed by atoms with E-state index in [1.807, 2.05) is 18.2 Å². The van der Waals surface area contributed by atoms with E-state index in [2.05, 4.69) is 39.1 Å². The van der Waals surface area contributed by atoms with E-state index in [0.717, 1.165) is 80.9 Å². The van der Waals surface area contributed by atoms with Crippen LogP contribution in [0.1, 0.15) is 68.2 Å². The summed E-state index contributed by atoms with van der Waals surface area (Å²) in [5.41, 5.74) is 3.12. The van der Waals surface area contributed by atoms with Crippen molar-refractivity contribution in [2.75, 3.05) is 42.6 Å². The van der Waals surface area contributed by atoms with Crippen LogP contribution in [0, 0.1) is 6.92 Å². The fraction of sp³-hybridized carbons (Fsp3) is 0.600. The van der Waals surface area contributed by atoms with Gasteiger partial charge < -0.3 is 25.0 Å². The van der Waals surface area contributed by atoms with E-state index in [9.17, 15) is 5.11 Å². The number of hydrogen-bond acceptors (Lipinski definition) is 8. The zero-order chi connectivity index (χ0) is 29.6. The number of aryl methyl sites for hydroxylation is 1. The fourth-order valence-corrected chi connectivity index (χ4v) is 9.96. The molecule has 232 valence electrons. The van der Waals surface area contributed by atoms with E-state index in [4.69, 9.17) is 14.7 Å². The molecule has 5 fully saturated rings. The van der Waals surface area contributed by atoms with Crippen molar-refractivity contribution >= 4 is 22.3 Å². The topological polar surface area (TPSA) is 77.0 Å². The first-order valence-corrected chi connectivity index (χ1v) is 16.8. The van der Waals surface area contributed by atoms with Crippen LogP contribution in [-0.4, -0.2) is 82.1 Å². The lowest BCUT2D eigenvalue weighted by Crippen LogP contribution is -2.52. The molecule has 2 aromatic carbocycles. The average Bonchev–Trinajstić information content (AvgIpc) is 3.73. The van der Waals surface area contributed by atoms with E-state index in [-0.39, 0.29) is 17.3 Å². The number of ether oxygens (including phenoxy) is 1. The molecule has 2 unspecified atom stereocenters. The Morgan fingerprint density at radius 2 is 1.91 bits per heavy atom. The van der Waals surface area contributed by atoms with E-state index in [1.165, 1.54) is 29.4 Å². The Hall–Kier alpha value is -3.17. The maximum Gasteiger partial charge on any atom is 0.318 e. The van der Waals surface area contributed by atoms with Gasteiger partial charge in [0.05, 0.1) is 17.8 Å². The molecule has 1 saturated carbocycles. The largest absolute Gasteiger partial charge is 0.508 e. The number of fused-ring (bicyclic) bond motifs is 7. The summed E-state index contributed by atoms with van der Waals surface area (Å²) in [6.07, 6.45) is 8.52. The number of nitrogens with zero attached hydrogens (tertiary/aromatic N) is 5. The van der Waals surface area contributed by atoms with Gasteiger partial charge in [-0.25, -0.2) is 4.39 Å². The van der Waals surface area contributed by atoms with Crippen molar-refractivity contribution in [1.82, 2.24) is 20.2 Å². The molecule has 0 amide bonds. The van der Waals surface area contributed by atoms with E-state index < -0.39 is 5.67 Å². The lowest BCUT2D eigenvalue weighted by Gasteiger charge is -2.38. The van der Waals surface area contributed by atoms with Crippen LogP contribution in [0.15, 0.2) is 30.3 Å². The SMILES string of the molecule is Cc1cccc2cc(O)cc(N3CCc4c(nc(OC[C@]56CCCN5[C@H]5CCC[C@@]5(F)C6)nc4N4CC5CCC(C4)N5)C3)c12. The normalized spacial score (nSPS) is 32.7. The van der Waals surface area contributed by atoms with Crippen molar-refractivity contribution in [3.05, 3.63) is 47.2 Å². The molecule has 2 bridgehead atoms. The molecule has 9 rings (SSSR count). The summed E-state index contributed by atoms with van der Waals surface area (Å²) in [6.45, 7) is 6.89. The summed E-state index contributed by atoms with van der Waals surface area (Å²) in [5.74, 6) is 1.30. The number of aromatic hydroxyl groups is 1. The van der Waals surface area contributed by atoms with Gasteiger partial charge in [0, 0.05) is 66.9 Å². The number of benzene rings is 2. The van der Waals surface area contributed by atoms with Gasteiger partial charge in [0.25, 0.3) is 0 Å². The van der Waals surface area contributed by atoms with Gasteiger partial charge in [-0.3, -0.25) is 4.90 Å². The molecule has 5 aliphatic heterocycles. The Morgan fingerprint density at radius 1 is 1.05 bits per heavy atom. The molecule has 3 aromatic rings. The predicted molar refractivity (Wildman–Crippen MR) is 170 cm³/mol. The molecule has 9 heteroatoms. The maximum atomic E-state index is 16.0. The highest BCUT2D eigenvalue weighted by Gasteiger charge is 2.63. The molecule has 6 aliphatic rings. The highest BCUT2D eigenvalue weighted by atomic mass is 19.1. The Morgan fingerprint density at radius 3 is 2.77 bits per heavy atom. The molecule has 1 aliphatic carbocycles. The minimum atomic E-state index is -1.08. The number of rotatable bonds is 5.